The Kier molecular flexibility index (Phi) is 4.35. The summed E-state index contributed by atoms with van der Waals surface area (Å²) in [7, 11) is 0. The minimum absolute atomic E-state index is 0.118. The summed E-state index contributed by atoms with van der Waals surface area (Å²) in [5, 5.41) is 13.3. The Morgan fingerprint density at radius 2 is 2.39 bits per heavy atom. The maximum Gasteiger partial charge on any atom is 0.264 e. The number of aromatic amines is 1. The first kappa shape index (κ1) is 12.6. The van der Waals surface area contributed by atoms with Crippen molar-refractivity contribution < 1.29 is 4.79 Å². The smallest absolute Gasteiger partial charge is 0.264 e. The van der Waals surface area contributed by atoms with Gasteiger partial charge >= 0.3 is 0 Å². The lowest BCUT2D eigenvalue weighted by Gasteiger charge is -2.02. The minimum atomic E-state index is -0.118. The van der Waals surface area contributed by atoms with Crippen LogP contribution < -0.4 is 5.32 Å². The molecule has 0 aromatic carbocycles. The second-order valence-corrected chi connectivity index (χ2v) is 4.49. The summed E-state index contributed by atoms with van der Waals surface area (Å²) in [6.07, 6.45) is 3.80. The van der Waals surface area contributed by atoms with Crippen molar-refractivity contribution in [1.29, 1.82) is 0 Å². The molecule has 2 aromatic rings. The number of aryl methyl sites for hydroxylation is 1. The van der Waals surface area contributed by atoms with Gasteiger partial charge in [-0.15, -0.1) is 5.10 Å². The van der Waals surface area contributed by atoms with Crippen LogP contribution in [-0.4, -0.2) is 37.2 Å². The molecule has 0 spiro atoms. The van der Waals surface area contributed by atoms with E-state index in [-0.39, 0.29) is 5.91 Å². The lowest BCUT2D eigenvalue weighted by atomic mass is 10.2. The predicted octanol–water partition coefficient (Wildman–Crippen LogP) is 0.581. The lowest BCUT2D eigenvalue weighted by molar-refractivity contribution is 0.0957. The van der Waals surface area contributed by atoms with Crippen LogP contribution in [0.1, 0.15) is 34.5 Å². The summed E-state index contributed by atoms with van der Waals surface area (Å²) in [5.74, 6) is 0.638. The number of hydrogen-bond acceptors (Lipinski definition) is 6. The molecule has 0 bridgehead atoms. The van der Waals surface area contributed by atoms with Gasteiger partial charge in [0.05, 0.1) is 5.69 Å². The summed E-state index contributed by atoms with van der Waals surface area (Å²) in [6.45, 7) is 2.56. The summed E-state index contributed by atoms with van der Waals surface area (Å²) >= 11 is 1.14. The summed E-state index contributed by atoms with van der Waals surface area (Å²) in [5.41, 5.74) is 0.777. The average molecular weight is 266 g/mol. The highest BCUT2D eigenvalue weighted by atomic mass is 32.1. The Balaban J connectivity index is 1.85. The van der Waals surface area contributed by atoms with Crippen LogP contribution in [0.4, 0.5) is 0 Å². The van der Waals surface area contributed by atoms with Crippen molar-refractivity contribution in [3.63, 3.8) is 0 Å². The molecule has 18 heavy (non-hydrogen) atoms. The van der Waals surface area contributed by atoms with Gasteiger partial charge in [0.2, 0.25) is 0 Å². The molecule has 0 aliphatic carbocycles. The molecule has 0 saturated heterocycles. The van der Waals surface area contributed by atoms with Crippen molar-refractivity contribution in [3.05, 3.63) is 22.7 Å². The molecule has 2 rings (SSSR count). The zero-order chi connectivity index (χ0) is 12.8. The molecule has 96 valence electrons. The molecule has 7 nitrogen and oxygen atoms in total. The van der Waals surface area contributed by atoms with Crippen LogP contribution in [0, 0.1) is 0 Å². The molecule has 1 amide bonds. The molecule has 0 saturated carbocycles. The molecule has 2 heterocycles. The van der Waals surface area contributed by atoms with E-state index in [9.17, 15) is 4.79 Å². The van der Waals surface area contributed by atoms with E-state index in [1.807, 2.05) is 6.92 Å². The van der Waals surface area contributed by atoms with E-state index in [1.54, 1.807) is 0 Å². The molecule has 0 atom stereocenters. The van der Waals surface area contributed by atoms with Crippen molar-refractivity contribution in [2.45, 2.75) is 26.2 Å². The van der Waals surface area contributed by atoms with Gasteiger partial charge in [-0.1, -0.05) is 17.8 Å². The van der Waals surface area contributed by atoms with E-state index in [0.717, 1.165) is 35.9 Å². The van der Waals surface area contributed by atoms with Crippen LogP contribution in [-0.2, 0) is 12.8 Å². The summed E-state index contributed by atoms with van der Waals surface area (Å²) in [4.78, 5) is 16.5. The number of hydrogen-bond donors (Lipinski definition) is 2. The highest BCUT2D eigenvalue weighted by Crippen LogP contribution is 2.12. The fraction of sp³-hybridized carbons (Fsp3) is 0.500. The third-order valence-corrected chi connectivity index (χ3v) is 3.13. The van der Waals surface area contributed by atoms with Crippen molar-refractivity contribution in [2.24, 2.45) is 0 Å². The van der Waals surface area contributed by atoms with Crippen LogP contribution in [0.15, 0.2) is 6.33 Å². The Bertz CT molecular complexity index is 494. The van der Waals surface area contributed by atoms with Gasteiger partial charge in [-0.3, -0.25) is 9.89 Å². The molecule has 8 heteroatoms. The Morgan fingerprint density at radius 3 is 3.11 bits per heavy atom. The largest absolute Gasteiger partial charge is 0.351 e. The van der Waals surface area contributed by atoms with E-state index in [0.29, 0.717) is 17.8 Å². The molecule has 2 N–H and O–H groups in total. The quantitative estimate of drug-likeness (QED) is 0.797. The number of amides is 1. The van der Waals surface area contributed by atoms with Gasteiger partial charge in [0, 0.05) is 13.0 Å². The van der Waals surface area contributed by atoms with E-state index in [2.05, 4.69) is 30.1 Å². The molecular formula is C10H14N6OS. The summed E-state index contributed by atoms with van der Waals surface area (Å²) in [6, 6.07) is 0. The Hall–Kier alpha value is -1.83. The standard InChI is InChI=1S/C10H14N6OS/c1-2-3-7-9(18-16-14-7)10(17)11-5-4-8-12-6-13-15-8/h6H,2-5H2,1H3,(H,11,17)(H,12,13,15). The van der Waals surface area contributed by atoms with Gasteiger partial charge in [0.1, 0.15) is 17.0 Å². The summed E-state index contributed by atoms with van der Waals surface area (Å²) < 4.78 is 3.82. The van der Waals surface area contributed by atoms with Crippen LogP contribution >= 0.6 is 11.5 Å². The van der Waals surface area contributed by atoms with Crippen LogP contribution in [0.25, 0.3) is 0 Å². The SMILES string of the molecule is CCCc1nnsc1C(=O)NCCc1ncn[nH]1. The maximum absolute atomic E-state index is 11.9. The zero-order valence-corrected chi connectivity index (χ0v) is 10.8. The van der Waals surface area contributed by atoms with Crippen LogP contribution in [0.3, 0.4) is 0 Å². The number of carbonyl (C=O) groups excluding carboxylic acids is 1. The van der Waals surface area contributed by atoms with E-state index in [4.69, 9.17) is 0 Å². The first-order chi connectivity index (χ1) is 8.81. The number of rotatable bonds is 6. The molecular weight excluding hydrogens is 252 g/mol. The first-order valence-corrected chi connectivity index (χ1v) is 6.52. The minimum Gasteiger partial charge on any atom is -0.351 e. The number of aromatic nitrogens is 5. The van der Waals surface area contributed by atoms with Crippen molar-refractivity contribution in [3.8, 4) is 0 Å². The predicted molar refractivity (Wildman–Crippen MR) is 66.3 cm³/mol. The molecule has 0 unspecified atom stereocenters. The van der Waals surface area contributed by atoms with Crippen molar-refractivity contribution in [1.82, 2.24) is 30.1 Å². The molecule has 0 aliphatic heterocycles. The van der Waals surface area contributed by atoms with Gasteiger partial charge in [0.15, 0.2) is 0 Å². The highest BCUT2D eigenvalue weighted by Gasteiger charge is 2.14. The fourth-order valence-corrected chi connectivity index (χ4v) is 2.13. The molecule has 0 fully saturated rings. The maximum atomic E-state index is 11.9. The van der Waals surface area contributed by atoms with Crippen molar-refractivity contribution >= 4 is 17.4 Å². The third kappa shape index (κ3) is 3.10. The zero-order valence-electron chi connectivity index (χ0n) is 10.0. The van der Waals surface area contributed by atoms with Gasteiger partial charge in [0.25, 0.3) is 5.91 Å². The van der Waals surface area contributed by atoms with E-state index in [1.165, 1.54) is 6.33 Å². The van der Waals surface area contributed by atoms with Gasteiger partial charge in [-0.05, 0) is 18.0 Å². The van der Waals surface area contributed by atoms with Crippen LogP contribution in [0.2, 0.25) is 0 Å². The van der Waals surface area contributed by atoms with E-state index >= 15 is 0 Å². The van der Waals surface area contributed by atoms with Crippen LogP contribution in [0.5, 0.6) is 0 Å². The average Bonchev–Trinajstić information content (AvgIpc) is 3.00. The number of H-pyrrole nitrogens is 1. The van der Waals surface area contributed by atoms with Gasteiger partial charge < -0.3 is 5.32 Å². The number of nitrogens with zero attached hydrogens (tertiary/aromatic N) is 4. The monoisotopic (exact) mass is 266 g/mol. The normalized spacial score (nSPS) is 10.5. The fourth-order valence-electron chi connectivity index (χ4n) is 1.51. The Labute approximate surface area is 108 Å². The van der Waals surface area contributed by atoms with E-state index < -0.39 is 0 Å². The second kappa shape index (κ2) is 6.20. The topological polar surface area (TPSA) is 96.5 Å². The van der Waals surface area contributed by atoms with Crippen molar-refractivity contribution in [2.75, 3.05) is 6.54 Å². The molecule has 2 aromatic heterocycles. The molecule has 0 aliphatic rings. The van der Waals surface area contributed by atoms with Gasteiger partial charge in [-0.2, -0.15) is 5.10 Å². The van der Waals surface area contributed by atoms with Gasteiger partial charge in [-0.25, -0.2) is 4.98 Å². The lowest BCUT2D eigenvalue weighted by Crippen LogP contribution is -2.26. The Morgan fingerprint density at radius 1 is 1.50 bits per heavy atom. The second-order valence-electron chi connectivity index (χ2n) is 3.74. The first-order valence-electron chi connectivity index (χ1n) is 5.75. The number of carbonyl (C=O) groups is 1. The molecule has 0 radical (unpaired) electrons. The number of nitrogens with one attached hydrogen (secondary N) is 2. The highest BCUT2D eigenvalue weighted by molar-refractivity contribution is 7.08. The third-order valence-electron chi connectivity index (χ3n) is 2.36.